The molecule has 1 amide bonds. The van der Waals surface area contributed by atoms with E-state index in [0.29, 0.717) is 30.2 Å². The number of benzene rings is 1. The Bertz CT molecular complexity index is 671. The summed E-state index contributed by atoms with van der Waals surface area (Å²) in [7, 11) is 0. The number of hydrogen-bond acceptors (Lipinski definition) is 4. The second-order valence-electron chi connectivity index (χ2n) is 8.62. The molecular weight excluding hydrogens is 428 g/mol. The number of likely N-dealkylation sites (tertiary alicyclic amines) is 1. The Morgan fingerprint density at radius 1 is 1.17 bits per heavy atom. The summed E-state index contributed by atoms with van der Waals surface area (Å²) >= 11 is 0. The lowest BCUT2D eigenvalue weighted by molar-refractivity contribution is -0.135. The molecule has 3 fully saturated rings. The van der Waals surface area contributed by atoms with Crippen molar-refractivity contribution < 1.29 is 13.9 Å². The zero-order chi connectivity index (χ0) is 19.4. The lowest BCUT2D eigenvalue weighted by Crippen LogP contribution is -2.53. The van der Waals surface area contributed by atoms with Crippen molar-refractivity contribution in [2.75, 3.05) is 39.3 Å². The van der Waals surface area contributed by atoms with Crippen molar-refractivity contribution >= 4 is 30.7 Å². The fraction of sp³-hybridized carbons (Fsp3) is 0.682. The van der Waals surface area contributed by atoms with Crippen LogP contribution in [0.3, 0.4) is 0 Å². The normalized spacial score (nSPS) is 26.8. The predicted octanol–water partition coefficient (Wildman–Crippen LogP) is 3.41. The van der Waals surface area contributed by atoms with Gasteiger partial charge in [0.05, 0.1) is 5.41 Å². The number of nitrogens with zero attached hydrogens (tertiary/aromatic N) is 1. The standard InChI is InChI=1S/C22H32FN3O2.2ClH/c23-18-4-6-20(7-5-18)28-14-13-26-11-8-19(9-12-26)25-21(27)22-10-2-1-3-17(22)15-24-16-22;;/h4-7,17,19,24H,1-3,8-16H2,(H,25,27);2*1H/t17-,22+;;/m0../s1. The SMILES string of the molecule is Cl.Cl.O=C(NC1CCN(CCOc2ccc(F)cc2)CC1)[C@@]12CCCC[C@H]1CNC2. The predicted molar refractivity (Wildman–Crippen MR) is 121 cm³/mol. The first-order valence-electron chi connectivity index (χ1n) is 10.8. The minimum atomic E-state index is -0.246. The molecule has 2 aliphatic heterocycles. The zero-order valence-electron chi connectivity index (χ0n) is 17.4. The summed E-state index contributed by atoms with van der Waals surface area (Å²) in [6.45, 7) is 5.26. The quantitative estimate of drug-likeness (QED) is 0.681. The highest BCUT2D eigenvalue weighted by Gasteiger charge is 2.50. The number of ether oxygens (including phenoxy) is 1. The van der Waals surface area contributed by atoms with Crippen LogP contribution in [0.5, 0.6) is 5.75 Å². The van der Waals surface area contributed by atoms with Crippen LogP contribution in [0.2, 0.25) is 0 Å². The average molecular weight is 462 g/mol. The molecule has 30 heavy (non-hydrogen) atoms. The van der Waals surface area contributed by atoms with Crippen LogP contribution in [-0.4, -0.2) is 56.2 Å². The summed E-state index contributed by atoms with van der Waals surface area (Å²) in [5.74, 6) is 1.27. The van der Waals surface area contributed by atoms with E-state index in [1.165, 1.54) is 31.4 Å². The van der Waals surface area contributed by atoms with Crippen molar-refractivity contribution in [3.05, 3.63) is 30.1 Å². The second kappa shape index (κ2) is 11.5. The van der Waals surface area contributed by atoms with E-state index in [1.807, 2.05) is 0 Å². The number of nitrogens with one attached hydrogen (secondary N) is 2. The zero-order valence-corrected chi connectivity index (χ0v) is 19.0. The first-order chi connectivity index (χ1) is 13.7. The second-order valence-corrected chi connectivity index (χ2v) is 8.62. The molecule has 8 heteroatoms. The summed E-state index contributed by atoms with van der Waals surface area (Å²) in [6.07, 6.45) is 6.66. The highest BCUT2D eigenvalue weighted by molar-refractivity contribution is 5.85. The summed E-state index contributed by atoms with van der Waals surface area (Å²) in [5.41, 5.74) is -0.154. The van der Waals surface area contributed by atoms with Gasteiger partial charge in [-0.1, -0.05) is 12.8 Å². The van der Waals surface area contributed by atoms with Gasteiger partial charge in [0.25, 0.3) is 0 Å². The molecular formula is C22H34Cl2FN3O2. The van der Waals surface area contributed by atoms with Crippen molar-refractivity contribution in [1.29, 1.82) is 0 Å². The minimum absolute atomic E-state index is 0. The maximum atomic E-state index is 13.1. The van der Waals surface area contributed by atoms with Crippen molar-refractivity contribution in [2.24, 2.45) is 11.3 Å². The van der Waals surface area contributed by atoms with Gasteiger partial charge in [0.15, 0.2) is 0 Å². The first-order valence-corrected chi connectivity index (χ1v) is 10.8. The molecule has 0 unspecified atom stereocenters. The van der Waals surface area contributed by atoms with Crippen molar-refractivity contribution in [2.45, 2.75) is 44.6 Å². The topological polar surface area (TPSA) is 53.6 Å². The molecule has 170 valence electrons. The van der Waals surface area contributed by atoms with E-state index in [1.54, 1.807) is 12.1 Å². The number of hydrogen-bond donors (Lipinski definition) is 2. The fourth-order valence-electron chi connectivity index (χ4n) is 5.14. The van der Waals surface area contributed by atoms with Crippen LogP contribution in [0.4, 0.5) is 4.39 Å². The molecule has 1 aromatic carbocycles. The number of carbonyl (C=O) groups is 1. The van der Waals surface area contributed by atoms with Crippen LogP contribution in [0.15, 0.2) is 24.3 Å². The lowest BCUT2D eigenvalue weighted by Gasteiger charge is -2.39. The Labute approximate surface area is 191 Å². The van der Waals surface area contributed by atoms with Gasteiger partial charge in [-0.2, -0.15) is 0 Å². The molecule has 5 nitrogen and oxygen atoms in total. The maximum Gasteiger partial charge on any atom is 0.228 e. The molecule has 2 N–H and O–H groups in total. The molecule has 2 atom stereocenters. The van der Waals surface area contributed by atoms with E-state index in [4.69, 9.17) is 4.74 Å². The van der Waals surface area contributed by atoms with Gasteiger partial charge in [-0.05, 0) is 62.4 Å². The molecule has 2 saturated heterocycles. The molecule has 4 rings (SSSR count). The van der Waals surface area contributed by atoms with Crippen molar-refractivity contribution in [3.8, 4) is 5.75 Å². The van der Waals surface area contributed by atoms with Gasteiger partial charge in [-0.3, -0.25) is 9.69 Å². The van der Waals surface area contributed by atoms with Crippen LogP contribution in [0.1, 0.15) is 38.5 Å². The molecule has 1 saturated carbocycles. The lowest BCUT2D eigenvalue weighted by atomic mass is 9.67. The highest BCUT2D eigenvalue weighted by atomic mass is 35.5. The molecule has 0 aromatic heterocycles. The van der Waals surface area contributed by atoms with E-state index in [-0.39, 0.29) is 36.0 Å². The first kappa shape index (κ1) is 25.2. The van der Waals surface area contributed by atoms with E-state index in [0.717, 1.165) is 52.0 Å². The Balaban J connectivity index is 0.00000160. The number of rotatable bonds is 6. The number of fused-ring (bicyclic) bond motifs is 1. The third-order valence-electron chi connectivity index (χ3n) is 6.90. The monoisotopic (exact) mass is 461 g/mol. The summed E-state index contributed by atoms with van der Waals surface area (Å²) in [6, 6.07) is 6.44. The molecule has 0 spiro atoms. The van der Waals surface area contributed by atoms with Crippen molar-refractivity contribution in [3.63, 3.8) is 0 Å². The van der Waals surface area contributed by atoms with E-state index >= 15 is 0 Å². The van der Waals surface area contributed by atoms with Gasteiger partial charge in [-0.25, -0.2) is 4.39 Å². The molecule has 3 aliphatic rings. The van der Waals surface area contributed by atoms with Crippen LogP contribution in [0, 0.1) is 17.2 Å². The Morgan fingerprint density at radius 2 is 1.90 bits per heavy atom. The van der Waals surface area contributed by atoms with Gasteiger partial charge in [0.2, 0.25) is 5.91 Å². The summed E-state index contributed by atoms with van der Waals surface area (Å²) < 4.78 is 18.6. The summed E-state index contributed by atoms with van der Waals surface area (Å²) in [4.78, 5) is 15.5. The number of piperidine rings is 1. The molecule has 0 radical (unpaired) electrons. The summed E-state index contributed by atoms with van der Waals surface area (Å²) in [5, 5.41) is 6.85. The third kappa shape index (κ3) is 5.78. The Hall–Kier alpha value is -1.08. The van der Waals surface area contributed by atoms with Gasteiger partial charge < -0.3 is 15.4 Å². The highest BCUT2D eigenvalue weighted by Crippen LogP contribution is 2.44. The third-order valence-corrected chi connectivity index (χ3v) is 6.90. The maximum absolute atomic E-state index is 13.1. The molecule has 0 bridgehead atoms. The minimum Gasteiger partial charge on any atom is -0.492 e. The number of amides is 1. The fourth-order valence-corrected chi connectivity index (χ4v) is 5.14. The molecule has 2 heterocycles. The van der Waals surface area contributed by atoms with Gasteiger partial charge in [0, 0.05) is 32.2 Å². The van der Waals surface area contributed by atoms with E-state index < -0.39 is 0 Å². The van der Waals surface area contributed by atoms with Crippen LogP contribution < -0.4 is 15.4 Å². The molecule has 1 aliphatic carbocycles. The van der Waals surface area contributed by atoms with Crippen LogP contribution in [0.25, 0.3) is 0 Å². The van der Waals surface area contributed by atoms with Crippen LogP contribution >= 0.6 is 24.8 Å². The van der Waals surface area contributed by atoms with Gasteiger partial charge >= 0.3 is 0 Å². The van der Waals surface area contributed by atoms with E-state index in [9.17, 15) is 9.18 Å². The van der Waals surface area contributed by atoms with Crippen molar-refractivity contribution in [1.82, 2.24) is 15.5 Å². The number of halogens is 3. The Morgan fingerprint density at radius 3 is 2.63 bits per heavy atom. The smallest absolute Gasteiger partial charge is 0.228 e. The molecule has 1 aromatic rings. The van der Waals surface area contributed by atoms with E-state index in [2.05, 4.69) is 15.5 Å². The Kier molecular flexibility index (Phi) is 9.67. The largest absolute Gasteiger partial charge is 0.492 e. The van der Waals surface area contributed by atoms with Gasteiger partial charge in [-0.15, -0.1) is 24.8 Å². The average Bonchev–Trinajstić information content (AvgIpc) is 3.16. The number of carbonyl (C=O) groups excluding carboxylic acids is 1. The van der Waals surface area contributed by atoms with Gasteiger partial charge in [0.1, 0.15) is 18.2 Å². The van der Waals surface area contributed by atoms with Crippen LogP contribution in [-0.2, 0) is 4.79 Å².